The number of nitrogens with one attached hydrogen (secondary N) is 1. The van der Waals surface area contributed by atoms with Crippen molar-refractivity contribution in [2.24, 2.45) is 0 Å². The van der Waals surface area contributed by atoms with Gasteiger partial charge < -0.3 is 10.1 Å². The van der Waals surface area contributed by atoms with Crippen molar-refractivity contribution in [3.8, 4) is 0 Å². The summed E-state index contributed by atoms with van der Waals surface area (Å²) >= 11 is 0. The smallest absolute Gasteiger partial charge is 0.383 e. The Morgan fingerprint density at radius 3 is 2.58 bits per heavy atom. The Balaban J connectivity index is 2.47. The molecule has 6 heteroatoms. The Morgan fingerprint density at radius 1 is 1.21 bits per heavy atom. The number of alkyl halides is 3. The number of halogens is 4. The van der Waals surface area contributed by atoms with Crippen molar-refractivity contribution in [2.45, 2.75) is 19.0 Å². The fraction of sp³-hybridized carbons (Fsp3) is 0.538. The first-order chi connectivity index (χ1) is 8.95. The number of hydrogen-bond acceptors (Lipinski definition) is 2. The lowest BCUT2D eigenvalue weighted by atomic mass is 10.1. The van der Waals surface area contributed by atoms with E-state index in [0.717, 1.165) is 12.1 Å². The van der Waals surface area contributed by atoms with Crippen molar-refractivity contribution in [2.75, 3.05) is 26.8 Å². The zero-order valence-corrected chi connectivity index (χ0v) is 10.7. The lowest BCUT2D eigenvalue weighted by Crippen LogP contribution is -2.20. The molecule has 0 amide bonds. The van der Waals surface area contributed by atoms with Crippen molar-refractivity contribution in [1.82, 2.24) is 5.32 Å². The zero-order chi connectivity index (χ0) is 14.3. The Labute approximate surface area is 109 Å². The summed E-state index contributed by atoms with van der Waals surface area (Å²) in [7, 11) is 1.60. The van der Waals surface area contributed by atoms with Crippen molar-refractivity contribution in [3.63, 3.8) is 0 Å². The first-order valence-electron chi connectivity index (χ1n) is 6.00. The maximum absolute atomic E-state index is 13.0. The van der Waals surface area contributed by atoms with E-state index in [9.17, 15) is 17.6 Å². The fourth-order valence-electron chi connectivity index (χ4n) is 1.66. The van der Waals surface area contributed by atoms with Gasteiger partial charge >= 0.3 is 6.18 Å². The van der Waals surface area contributed by atoms with Gasteiger partial charge in [-0.2, -0.15) is 13.2 Å². The minimum absolute atomic E-state index is 0.476. The van der Waals surface area contributed by atoms with Gasteiger partial charge in [-0.1, -0.05) is 6.07 Å². The van der Waals surface area contributed by atoms with E-state index in [1.165, 1.54) is 6.07 Å². The van der Waals surface area contributed by atoms with E-state index in [1.54, 1.807) is 7.11 Å². The van der Waals surface area contributed by atoms with Crippen LogP contribution in [0.25, 0.3) is 0 Å². The number of rotatable bonds is 7. The van der Waals surface area contributed by atoms with Crippen LogP contribution in [0, 0.1) is 5.82 Å². The highest BCUT2D eigenvalue weighted by atomic mass is 19.4. The van der Waals surface area contributed by atoms with E-state index in [1.807, 2.05) is 0 Å². The molecule has 1 rings (SSSR count). The Morgan fingerprint density at radius 2 is 1.95 bits per heavy atom. The van der Waals surface area contributed by atoms with Gasteiger partial charge in [0.15, 0.2) is 0 Å². The van der Waals surface area contributed by atoms with E-state index in [2.05, 4.69) is 5.32 Å². The molecule has 0 saturated carbocycles. The molecule has 19 heavy (non-hydrogen) atoms. The molecule has 2 nitrogen and oxygen atoms in total. The minimum Gasteiger partial charge on any atom is -0.383 e. The molecule has 0 radical (unpaired) electrons. The maximum Gasteiger partial charge on any atom is 0.419 e. The molecule has 0 fully saturated rings. The quantitative estimate of drug-likeness (QED) is 0.612. The van der Waals surface area contributed by atoms with Gasteiger partial charge in [-0.05, 0) is 37.1 Å². The molecule has 0 aromatic heterocycles. The van der Waals surface area contributed by atoms with Gasteiger partial charge in [0, 0.05) is 13.7 Å². The standard InChI is InChI=1S/C13H17F4NO/c1-19-8-7-18-6-2-3-10-4-5-12(14)11(9-10)13(15,16)17/h4-5,9,18H,2-3,6-8H2,1H3. The predicted molar refractivity (Wildman–Crippen MR) is 64.5 cm³/mol. The van der Waals surface area contributed by atoms with E-state index < -0.39 is 17.6 Å². The monoisotopic (exact) mass is 279 g/mol. The van der Waals surface area contributed by atoms with Crippen LogP contribution in [0.5, 0.6) is 0 Å². The molecule has 0 spiro atoms. The van der Waals surface area contributed by atoms with Crippen molar-refractivity contribution >= 4 is 0 Å². The van der Waals surface area contributed by atoms with Crippen LogP contribution in [0.1, 0.15) is 17.5 Å². The number of hydrogen-bond donors (Lipinski definition) is 1. The third-order valence-electron chi connectivity index (χ3n) is 2.64. The molecular formula is C13H17F4NO. The Kier molecular flexibility index (Phi) is 6.24. The summed E-state index contributed by atoms with van der Waals surface area (Å²) < 4.78 is 55.4. The lowest BCUT2D eigenvalue weighted by molar-refractivity contribution is -0.140. The van der Waals surface area contributed by atoms with Gasteiger partial charge in [0.25, 0.3) is 0 Å². The summed E-state index contributed by atoms with van der Waals surface area (Å²) in [6.45, 7) is 1.98. The van der Waals surface area contributed by atoms with Crippen molar-refractivity contribution < 1.29 is 22.3 Å². The molecule has 0 saturated heterocycles. The number of aryl methyl sites for hydroxylation is 1. The van der Waals surface area contributed by atoms with Crippen molar-refractivity contribution in [1.29, 1.82) is 0 Å². The first-order valence-corrected chi connectivity index (χ1v) is 6.00. The van der Waals surface area contributed by atoms with Gasteiger partial charge in [0.05, 0.1) is 12.2 Å². The van der Waals surface area contributed by atoms with Crippen LogP contribution < -0.4 is 5.32 Å². The second kappa shape index (κ2) is 7.45. The lowest BCUT2D eigenvalue weighted by Gasteiger charge is -2.10. The van der Waals surface area contributed by atoms with E-state index in [0.29, 0.717) is 38.1 Å². The SMILES string of the molecule is COCCNCCCc1ccc(F)c(C(F)(F)F)c1. The first kappa shape index (κ1) is 15.9. The molecule has 0 bridgehead atoms. The molecule has 1 N–H and O–H groups in total. The predicted octanol–water partition coefficient (Wildman–Crippen LogP) is 3.01. The molecule has 0 unspecified atom stereocenters. The topological polar surface area (TPSA) is 21.3 Å². The van der Waals surface area contributed by atoms with Crippen molar-refractivity contribution in [3.05, 3.63) is 35.1 Å². The summed E-state index contributed by atoms with van der Waals surface area (Å²) in [6, 6.07) is 3.14. The maximum atomic E-state index is 13.0. The van der Waals surface area contributed by atoms with E-state index in [-0.39, 0.29) is 0 Å². The fourth-order valence-corrected chi connectivity index (χ4v) is 1.66. The average molecular weight is 279 g/mol. The second-order valence-electron chi connectivity index (χ2n) is 4.16. The molecule has 108 valence electrons. The molecule has 0 aliphatic carbocycles. The third kappa shape index (κ3) is 5.57. The molecule has 0 atom stereocenters. The molecule has 1 aromatic carbocycles. The summed E-state index contributed by atoms with van der Waals surface area (Å²) in [5, 5.41) is 3.09. The zero-order valence-electron chi connectivity index (χ0n) is 10.7. The molecule has 0 heterocycles. The molecule has 0 aliphatic rings. The van der Waals surface area contributed by atoms with Crippen LogP contribution in [-0.4, -0.2) is 26.8 Å². The highest BCUT2D eigenvalue weighted by Crippen LogP contribution is 2.32. The van der Waals surface area contributed by atoms with E-state index >= 15 is 0 Å². The van der Waals surface area contributed by atoms with E-state index in [4.69, 9.17) is 4.74 Å². The summed E-state index contributed by atoms with van der Waals surface area (Å²) in [4.78, 5) is 0. The van der Waals surface area contributed by atoms with Gasteiger partial charge in [-0.15, -0.1) is 0 Å². The van der Waals surface area contributed by atoms with Crippen LogP contribution in [0.15, 0.2) is 18.2 Å². The number of benzene rings is 1. The highest BCUT2D eigenvalue weighted by Gasteiger charge is 2.34. The second-order valence-corrected chi connectivity index (χ2v) is 4.16. The van der Waals surface area contributed by atoms with Gasteiger partial charge in [0.1, 0.15) is 5.82 Å². The normalized spacial score (nSPS) is 11.8. The summed E-state index contributed by atoms with van der Waals surface area (Å²) in [6.07, 6.45) is -3.48. The summed E-state index contributed by atoms with van der Waals surface area (Å²) in [5.74, 6) is -1.23. The Hall–Kier alpha value is -1.14. The van der Waals surface area contributed by atoms with Crippen LogP contribution in [0.2, 0.25) is 0 Å². The number of methoxy groups -OCH3 is 1. The molecule has 1 aromatic rings. The Bertz CT molecular complexity index is 393. The highest BCUT2D eigenvalue weighted by molar-refractivity contribution is 5.27. The average Bonchev–Trinajstić information content (AvgIpc) is 2.34. The van der Waals surface area contributed by atoms with Gasteiger partial charge in [-0.25, -0.2) is 4.39 Å². The van der Waals surface area contributed by atoms with Crippen LogP contribution in [-0.2, 0) is 17.3 Å². The molecule has 0 aliphatic heterocycles. The van der Waals surface area contributed by atoms with Gasteiger partial charge in [-0.3, -0.25) is 0 Å². The summed E-state index contributed by atoms with van der Waals surface area (Å²) in [5.41, 5.74) is -0.709. The molecular weight excluding hydrogens is 262 g/mol. The third-order valence-corrected chi connectivity index (χ3v) is 2.64. The van der Waals surface area contributed by atoms with Crippen LogP contribution >= 0.6 is 0 Å². The largest absolute Gasteiger partial charge is 0.419 e. The number of ether oxygens (including phenoxy) is 1. The minimum atomic E-state index is -4.64. The van der Waals surface area contributed by atoms with Crippen LogP contribution in [0.4, 0.5) is 17.6 Å². The van der Waals surface area contributed by atoms with Gasteiger partial charge in [0.2, 0.25) is 0 Å². The van der Waals surface area contributed by atoms with Crippen LogP contribution in [0.3, 0.4) is 0 Å².